The Morgan fingerprint density at radius 2 is 2.10 bits per heavy atom. The number of nitrogens with zero attached hydrogens (tertiary/aromatic N) is 5. The molecule has 1 fully saturated rings. The van der Waals surface area contributed by atoms with Crippen LogP contribution in [0.3, 0.4) is 0 Å². The number of benzene rings is 1. The van der Waals surface area contributed by atoms with Gasteiger partial charge in [-0.15, -0.1) is 5.10 Å². The number of aromatic hydroxyl groups is 1. The highest BCUT2D eigenvalue weighted by molar-refractivity contribution is 5.91. The van der Waals surface area contributed by atoms with Crippen LogP contribution >= 0.6 is 0 Å². The number of hydrogen-bond donors (Lipinski definition) is 1. The van der Waals surface area contributed by atoms with Crippen LogP contribution in [-0.4, -0.2) is 68.6 Å². The molecule has 2 aromatic rings. The van der Waals surface area contributed by atoms with Crippen molar-refractivity contribution in [1.82, 2.24) is 24.8 Å². The first-order chi connectivity index (χ1) is 14.0. The summed E-state index contributed by atoms with van der Waals surface area (Å²) in [6, 6.07) is 5.71. The van der Waals surface area contributed by atoms with Gasteiger partial charge in [0.05, 0.1) is 18.8 Å². The average Bonchev–Trinajstić information content (AvgIpc) is 3.22. The third kappa shape index (κ3) is 5.06. The Balaban J connectivity index is 1.65. The van der Waals surface area contributed by atoms with Crippen molar-refractivity contribution in [3.05, 3.63) is 35.7 Å². The number of amides is 1. The first-order valence-corrected chi connectivity index (χ1v) is 10.4. The van der Waals surface area contributed by atoms with Gasteiger partial charge in [-0.25, -0.2) is 4.68 Å². The Morgan fingerprint density at radius 3 is 2.83 bits per heavy atom. The molecule has 0 radical (unpaired) electrons. The predicted octanol–water partition coefficient (Wildman–Crippen LogP) is 2.70. The zero-order valence-electron chi connectivity index (χ0n) is 17.5. The fourth-order valence-corrected chi connectivity index (χ4v) is 3.80. The van der Waals surface area contributed by atoms with Gasteiger partial charge in [-0.3, -0.25) is 9.69 Å². The molecule has 1 atom stereocenters. The largest absolute Gasteiger partial charge is 0.504 e. The topological polar surface area (TPSA) is 83.7 Å². The summed E-state index contributed by atoms with van der Waals surface area (Å²) in [5.74, 6) is 0.621. The number of aromatic nitrogens is 3. The van der Waals surface area contributed by atoms with E-state index < -0.39 is 0 Å². The van der Waals surface area contributed by atoms with Crippen LogP contribution in [0.4, 0.5) is 0 Å². The minimum absolute atomic E-state index is 0.0681. The van der Waals surface area contributed by atoms with E-state index in [4.69, 9.17) is 4.74 Å². The standard InChI is InChI=1S/C21H31N5O3/c1-4-25(5-2)21(28)18-15-26(23-22-18)17-8-7-11-24(14-17)13-16-9-10-19(27)20(12-16)29-6-3/h9-10,12,15,17,27H,4-8,11,13-14H2,1-3H3. The second-order valence-electron chi connectivity index (χ2n) is 7.33. The highest BCUT2D eigenvalue weighted by Crippen LogP contribution is 2.28. The maximum atomic E-state index is 12.5. The zero-order valence-corrected chi connectivity index (χ0v) is 17.5. The van der Waals surface area contributed by atoms with Crippen molar-refractivity contribution < 1.29 is 14.6 Å². The van der Waals surface area contributed by atoms with Crippen molar-refractivity contribution in [3.8, 4) is 11.5 Å². The van der Waals surface area contributed by atoms with Gasteiger partial charge < -0.3 is 14.7 Å². The lowest BCUT2D eigenvalue weighted by Gasteiger charge is -2.32. The van der Waals surface area contributed by atoms with Crippen LogP contribution in [0, 0.1) is 0 Å². The van der Waals surface area contributed by atoms with Gasteiger partial charge in [-0.2, -0.15) is 0 Å². The summed E-state index contributed by atoms with van der Waals surface area (Å²) in [7, 11) is 0. The molecule has 0 spiro atoms. The molecule has 1 saturated heterocycles. The molecule has 1 aliphatic heterocycles. The van der Waals surface area contributed by atoms with Gasteiger partial charge in [0.25, 0.3) is 5.91 Å². The molecule has 3 rings (SSSR count). The molecule has 1 unspecified atom stereocenters. The predicted molar refractivity (Wildman–Crippen MR) is 110 cm³/mol. The molecule has 1 aliphatic rings. The Morgan fingerprint density at radius 1 is 1.31 bits per heavy atom. The van der Waals surface area contributed by atoms with E-state index in [0.29, 0.717) is 31.1 Å². The van der Waals surface area contributed by atoms with Gasteiger partial charge >= 0.3 is 0 Å². The molecule has 1 aromatic carbocycles. The minimum atomic E-state index is -0.0681. The normalized spacial score (nSPS) is 17.3. The van der Waals surface area contributed by atoms with Crippen molar-refractivity contribution in [2.24, 2.45) is 0 Å². The van der Waals surface area contributed by atoms with Crippen molar-refractivity contribution >= 4 is 5.91 Å². The molecule has 0 saturated carbocycles. The molecule has 8 heteroatoms. The van der Waals surface area contributed by atoms with E-state index in [1.807, 2.05) is 37.6 Å². The first kappa shape index (κ1) is 21.1. The van der Waals surface area contributed by atoms with Crippen molar-refractivity contribution in [2.45, 2.75) is 46.2 Å². The number of ether oxygens (including phenoxy) is 1. The van der Waals surface area contributed by atoms with Crippen molar-refractivity contribution in [1.29, 1.82) is 0 Å². The van der Waals surface area contributed by atoms with Crippen LogP contribution in [-0.2, 0) is 6.54 Å². The first-order valence-electron chi connectivity index (χ1n) is 10.4. The monoisotopic (exact) mass is 401 g/mol. The third-order valence-corrected chi connectivity index (χ3v) is 5.37. The van der Waals surface area contributed by atoms with E-state index in [2.05, 4.69) is 15.2 Å². The molecular formula is C21H31N5O3. The fraction of sp³-hybridized carbons (Fsp3) is 0.571. The highest BCUT2D eigenvalue weighted by Gasteiger charge is 2.24. The number of piperidine rings is 1. The Hall–Kier alpha value is -2.61. The van der Waals surface area contributed by atoms with Crippen LogP contribution in [0.1, 0.15) is 55.7 Å². The van der Waals surface area contributed by atoms with E-state index in [0.717, 1.165) is 38.0 Å². The van der Waals surface area contributed by atoms with E-state index in [1.165, 1.54) is 0 Å². The molecule has 1 N–H and O–H groups in total. The summed E-state index contributed by atoms with van der Waals surface area (Å²) in [5.41, 5.74) is 1.51. The maximum absolute atomic E-state index is 12.5. The van der Waals surface area contributed by atoms with E-state index in [-0.39, 0.29) is 17.7 Å². The van der Waals surface area contributed by atoms with E-state index >= 15 is 0 Å². The number of carbonyl (C=O) groups is 1. The Kier molecular flexibility index (Phi) is 7.09. The second kappa shape index (κ2) is 9.73. The molecule has 158 valence electrons. The van der Waals surface area contributed by atoms with Crippen molar-refractivity contribution in [3.63, 3.8) is 0 Å². The fourth-order valence-electron chi connectivity index (χ4n) is 3.80. The SMILES string of the molecule is CCOc1cc(CN2CCCC(n3cc(C(=O)N(CC)CC)nn3)C2)ccc1O. The van der Waals surface area contributed by atoms with Crippen LogP contribution in [0.5, 0.6) is 11.5 Å². The number of rotatable bonds is 8. The Labute approximate surface area is 172 Å². The molecular weight excluding hydrogens is 370 g/mol. The molecule has 8 nitrogen and oxygen atoms in total. The minimum Gasteiger partial charge on any atom is -0.504 e. The second-order valence-corrected chi connectivity index (χ2v) is 7.33. The number of carbonyl (C=O) groups excluding carboxylic acids is 1. The summed E-state index contributed by atoms with van der Waals surface area (Å²) in [4.78, 5) is 16.6. The summed E-state index contributed by atoms with van der Waals surface area (Å²) in [5, 5.41) is 18.3. The van der Waals surface area contributed by atoms with E-state index in [1.54, 1.807) is 17.2 Å². The van der Waals surface area contributed by atoms with Crippen LogP contribution in [0.15, 0.2) is 24.4 Å². The molecule has 2 heterocycles. The number of phenols is 1. The summed E-state index contributed by atoms with van der Waals surface area (Å²) in [6.07, 6.45) is 3.85. The van der Waals surface area contributed by atoms with Gasteiger partial charge in [0.15, 0.2) is 17.2 Å². The van der Waals surface area contributed by atoms with Gasteiger partial charge in [0, 0.05) is 26.2 Å². The summed E-state index contributed by atoms with van der Waals surface area (Å²) in [6.45, 7) is 10.3. The Bertz CT molecular complexity index is 818. The molecule has 29 heavy (non-hydrogen) atoms. The number of likely N-dealkylation sites (tertiary alicyclic amines) is 1. The molecule has 0 bridgehead atoms. The lowest BCUT2D eigenvalue weighted by Crippen LogP contribution is -2.36. The van der Waals surface area contributed by atoms with Crippen LogP contribution in [0.2, 0.25) is 0 Å². The van der Waals surface area contributed by atoms with Crippen LogP contribution < -0.4 is 4.74 Å². The van der Waals surface area contributed by atoms with Crippen LogP contribution in [0.25, 0.3) is 0 Å². The van der Waals surface area contributed by atoms with Gasteiger partial charge in [0.1, 0.15) is 0 Å². The molecule has 0 aliphatic carbocycles. The summed E-state index contributed by atoms with van der Waals surface area (Å²) >= 11 is 0. The average molecular weight is 402 g/mol. The third-order valence-electron chi connectivity index (χ3n) is 5.37. The van der Waals surface area contributed by atoms with Gasteiger partial charge in [-0.05, 0) is 57.9 Å². The number of hydrogen-bond acceptors (Lipinski definition) is 6. The lowest BCUT2D eigenvalue weighted by molar-refractivity contribution is 0.0767. The van der Waals surface area contributed by atoms with Crippen molar-refractivity contribution in [2.75, 3.05) is 32.8 Å². The lowest BCUT2D eigenvalue weighted by atomic mass is 10.0. The summed E-state index contributed by atoms with van der Waals surface area (Å²) < 4.78 is 7.33. The van der Waals surface area contributed by atoms with Gasteiger partial charge in [-0.1, -0.05) is 11.3 Å². The molecule has 1 aromatic heterocycles. The smallest absolute Gasteiger partial charge is 0.276 e. The zero-order chi connectivity index (χ0) is 20.8. The quantitative estimate of drug-likeness (QED) is 0.732. The number of phenolic OH excluding ortho intramolecular Hbond substituents is 1. The van der Waals surface area contributed by atoms with E-state index in [9.17, 15) is 9.90 Å². The highest BCUT2D eigenvalue weighted by atomic mass is 16.5. The maximum Gasteiger partial charge on any atom is 0.276 e. The van der Waals surface area contributed by atoms with Gasteiger partial charge in [0.2, 0.25) is 0 Å². The molecule has 1 amide bonds.